The second kappa shape index (κ2) is 8.76. The Morgan fingerprint density at radius 1 is 1.33 bits per heavy atom. The first-order valence-electron chi connectivity index (χ1n) is 8.90. The van der Waals surface area contributed by atoms with Gasteiger partial charge in [-0.15, -0.1) is 5.10 Å². The maximum absolute atomic E-state index is 12.7. The van der Waals surface area contributed by atoms with Crippen LogP contribution < -0.4 is 10.6 Å². The number of alkyl halides is 3. The van der Waals surface area contributed by atoms with E-state index in [-0.39, 0.29) is 6.01 Å². The van der Waals surface area contributed by atoms with Gasteiger partial charge in [0.1, 0.15) is 6.42 Å². The minimum absolute atomic E-state index is 0.344. The van der Waals surface area contributed by atoms with Crippen molar-refractivity contribution in [2.75, 3.05) is 10.6 Å². The van der Waals surface area contributed by atoms with Crippen molar-refractivity contribution in [3.8, 4) is 0 Å². The lowest BCUT2D eigenvalue weighted by atomic mass is 10.00. The molecule has 0 saturated carbocycles. The topological polar surface area (TPSA) is 92.4 Å². The molecule has 0 fully saturated rings. The van der Waals surface area contributed by atoms with E-state index in [0.717, 1.165) is 0 Å². The predicted molar refractivity (Wildman–Crippen MR) is 106 cm³/mol. The summed E-state index contributed by atoms with van der Waals surface area (Å²) in [7, 11) is 0. The molecule has 1 aliphatic rings. The number of fused-ring (bicyclic) bond motifs is 1. The molecule has 30 heavy (non-hydrogen) atoms. The highest BCUT2D eigenvalue weighted by Gasteiger charge is 2.32. The van der Waals surface area contributed by atoms with Gasteiger partial charge in [-0.25, -0.2) is 4.99 Å². The Balaban J connectivity index is 1.99. The number of benzene rings is 1. The van der Waals surface area contributed by atoms with Crippen LogP contribution in [0.25, 0.3) is 0 Å². The first-order chi connectivity index (χ1) is 14.3. The molecule has 1 atom stereocenters. The molecule has 0 radical (unpaired) electrons. The van der Waals surface area contributed by atoms with Crippen LogP contribution in [0.4, 0.5) is 24.9 Å². The molecular formula is C20H18F3N5O2. The summed E-state index contributed by atoms with van der Waals surface area (Å²) in [4.78, 5) is 17.2. The Bertz CT molecular complexity index is 1040. The van der Waals surface area contributed by atoms with E-state index in [1.165, 1.54) is 0 Å². The van der Waals surface area contributed by atoms with Gasteiger partial charge in [0.25, 0.3) is 5.91 Å². The number of rotatable bonds is 6. The molecule has 7 nitrogen and oxygen atoms in total. The number of nitrogens with one attached hydrogen (secondary N) is 2. The van der Waals surface area contributed by atoms with Gasteiger partial charge in [0.15, 0.2) is 0 Å². The van der Waals surface area contributed by atoms with Crippen LogP contribution in [0.2, 0.25) is 0 Å². The number of anilines is 2. The molecule has 2 heterocycles. The van der Waals surface area contributed by atoms with Crippen LogP contribution >= 0.6 is 0 Å². The SMILES string of the molecule is C=C/C=C(\C=C/C)C1=NC(Nc2nnc(CC(F)(F)F)o2)C(=O)Nc2ccccc21. The van der Waals surface area contributed by atoms with E-state index in [0.29, 0.717) is 22.5 Å². The zero-order valence-corrected chi connectivity index (χ0v) is 15.9. The Labute approximate surface area is 170 Å². The van der Waals surface area contributed by atoms with Crippen molar-refractivity contribution in [3.05, 3.63) is 72.2 Å². The summed E-state index contributed by atoms with van der Waals surface area (Å²) in [6.45, 7) is 5.54. The Kier molecular flexibility index (Phi) is 6.14. The van der Waals surface area contributed by atoms with Crippen LogP contribution in [0.1, 0.15) is 18.4 Å². The minimum Gasteiger partial charge on any atom is -0.408 e. The average Bonchev–Trinajstić information content (AvgIpc) is 3.04. The average molecular weight is 417 g/mol. The van der Waals surface area contributed by atoms with Crippen molar-refractivity contribution in [1.82, 2.24) is 10.2 Å². The molecular weight excluding hydrogens is 399 g/mol. The highest BCUT2D eigenvalue weighted by atomic mass is 19.4. The maximum atomic E-state index is 12.7. The maximum Gasteiger partial charge on any atom is 0.397 e. The zero-order chi connectivity index (χ0) is 21.7. The molecule has 0 spiro atoms. The standard InChI is InChI=1S/C20H18F3N5O2/c1-3-7-12(8-4-2)16-13-9-5-6-10-14(13)24-18(29)17(25-16)26-19-28-27-15(30-19)11-20(21,22)23/h3-10,17H,1,11H2,2H3,(H,24,29)(H,26,28)/b8-4-,12-7+. The number of aromatic nitrogens is 2. The number of carbonyl (C=O) groups is 1. The fourth-order valence-corrected chi connectivity index (χ4v) is 2.78. The van der Waals surface area contributed by atoms with E-state index in [4.69, 9.17) is 4.42 Å². The lowest BCUT2D eigenvalue weighted by Gasteiger charge is -2.11. The number of hydrogen-bond donors (Lipinski definition) is 2. The molecule has 156 valence electrons. The first kappa shape index (κ1) is 21.0. The molecule has 0 aliphatic carbocycles. The number of nitrogens with zero attached hydrogens (tertiary/aromatic N) is 3. The second-order valence-electron chi connectivity index (χ2n) is 6.21. The lowest BCUT2D eigenvalue weighted by Crippen LogP contribution is -2.32. The van der Waals surface area contributed by atoms with Gasteiger partial charge in [-0.2, -0.15) is 13.2 Å². The Morgan fingerprint density at radius 3 is 2.80 bits per heavy atom. The van der Waals surface area contributed by atoms with Gasteiger partial charge in [-0.1, -0.05) is 54.2 Å². The third-order valence-corrected chi connectivity index (χ3v) is 3.94. The summed E-state index contributed by atoms with van der Waals surface area (Å²) < 4.78 is 42.5. The van der Waals surface area contributed by atoms with Crippen LogP contribution in [0, 0.1) is 0 Å². The number of hydrogen-bond acceptors (Lipinski definition) is 6. The molecule has 1 amide bonds. The number of halogens is 3. The molecule has 1 aromatic carbocycles. The Hall–Kier alpha value is -3.69. The molecule has 0 saturated heterocycles. The molecule has 1 aromatic heterocycles. The van der Waals surface area contributed by atoms with E-state index in [1.54, 1.807) is 42.5 Å². The van der Waals surface area contributed by atoms with E-state index in [2.05, 4.69) is 32.4 Å². The summed E-state index contributed by atoms with van der Waals surface area (Å²) in [6, 6.07) is 6.74. The van der Waals surface area contributed by atoms with Gasteiger partial charge in [0.2, 0.25) is 12.1 Å². The Morgan fingerprint density at radius 2 is 2.10 bits per heavy atom. The van der Waals surface area contributed by atoms with E-state index >= 15 is 0 Å². The van der Waals surface area contributed by atoms with Crippen LogP contribution in [-0.2, 0) is 11.2 Å². The third kappa shape index (κ3) is 5.02. The van der Waals surface area contributed by atoms with Gasteiger partial charge in [0, 0.05) is 11.1 Å². The zero-order valence-electron chi connectivity index (χ0n) is 15.9. The molecule has 1 aliphatic heterocycles. The van der Waals surface area contributed by atoms with Crippen molar-refractivity contribution in [3.63, 3.8) is 0 Å². The summed E-state index contributed by atoms with van der Waals surface area (Å²) in [6.07, 6.45) is -0.145. The fourth-order valence-electron chi connectivity index (χ4n) is 2.78. The van der Waals surface area contributed by atoms with Gasteiger partial charge < -0.3 is 15.1 Å². The van der Waals surface area contributed by atoms with Gasteiger partial charge in [0.05, 0.1) is 11.4 Å². The van der Waals surface area contributed by atoms with Crippen molar-refractivity contribution in [1.29, 1.82) is 0 Å². The smallest absolute Gasteiger partial charge is 0.397 e. The summed E-state index contributed by atoms with van der Waals surface area (Å²) in [5, 5.41) is 12.2. The highest BCUT2D eigenvalue weighted by Crippen LogP contribution is 2.26. The normalized spacial score (nSPS) is 17.2. The number of allylic oxidation sites excluding steroid dienone is 5. The van der Waals surface area contributed by atoms with Gasteiger partial charge in [-0.05, 0) is 13.0 Å². The van der Waals surface area contributed by atoms with E-state index in [9.17, 15) is 18.0 Å². The quantitative estimate of drug-likeness (QED) is 0.692. The summed E-state index contributed by atoms with van der Waals surface area (Å²) in [5.74, 6) is -1.15. The van der Waals surface area contributed by atoms with Crippen molar-refractivity contribution in [2.45, 2.75) is 25.7 Å². The molecule has 1 unspecified atom stereocenters. The number of para-hydroxylation sites is 1. The second-order valence-corrected chi connectivity index (χ2v) is 6.21. The molecule has 0 bridgehead atoms. The first-order valence-corrected chi connectivity index (χ1v) is 8.90. The van der Waals surface area contributed by atoms with E-state index in [1.807, 2.05) is 13.0 Å². The fraction of sp³-hybridized carbons (Fsp3) is 0.200. The molecule has 3 rings (SSSR count). The number of amides is 1. The monoisotopic (exact) mass is 417 g/mol. The van der Waals surface area contributed by atoms with Crippen LogP contribution in [0.5, 0.6) is 0 Å². The van der Waals surface area contributed by atoms with Gasteiger partial charge >= 0.3 is 12.2 Å². The highest BCUT2D eigenvalue weighted by molar-refractivity contribution is 6.21. The van der Waals surface area contributed by atoms with E-state index < -0.39 is 30.6 Å². The number of aliphatic imine (C=N–C) groups is 1. The molecule has 10 heteroatoms. The minimum atomic E-state index is -4.49. The number of benzodiazepines with no additional fused rings is 1. The number of carbonyl (C=O) groups excluding carboxylic acids is 1. The predicted octanol–water partition coefficient (Wildman–Crippen LogP) is 4.04. The van der Waals surface area contributed by atoms with Crippen molar-refractivity contribution >= 4 is 23.3 Å². The summed E-state index contributed by atoms with van der Waals surface area (Å²) in [5.41, 5.74) is 2.37. The van der Waals surface area contributed by atoms with Crippen molar-refractivity contribution < 1.29 is 22.4 Å². The van der Waals surface area contributed by atoms with Crippen molar-refractivity contribution in [2.24, 2.45) is 4.99 Å². The van der Waals surface area contributed by atoms with Crippen LogP contribution in [0.3, 0.4) is 0 Å². The third-order valence-electron chi connectivity index (χ3n) is 3.94. The van der Waals surface area contributed by atoms with Crippen LogP contribution in [0.15, 0.2) is 70.1 Å². The van der Waals surface area contributed by atoms with Gasteiger partial charge in [-0.3, -0.25) is 4.79 Å². The van der Waals surface area contributed by atoms with Crippen LogP contribution in [-0.4, -0.2) is 34.2 Å². The lowest BCUT2D eigenvalue weighted by molar-refractivity contribution is -0.130. The molecule has 2 N–H and O–H groups in total. The molecule has 2 aromatic rings. The largest absolute Gasteiger partial charge is 0.408 e. The summed E-state index contributed by atoms with van der Waals surface area (Å²) >= 11 is 0.